The van der Waals surface area contributed by atoms with Gasteiger partial charge in [-0.15, -0.1) is 0 Å². The van der Waals surface area contributed by atoms with Crippen molar-refractivity contribution in [2.75, 3.05) is 0 Å². The highest BCUT2D eigenvalue weighted by atomic mass is 16.3. The molecule has 0 radical (unpaired) electrons. The summed E-state index contributed by atoms with van der Waals surface area (Å²) in [5, 5.41) is 20.7. The molecule has 0 spiro atoms. The topological polar surface area (TPSA) is 92.1 Å². The number of carbonyl (C=O) groups is 1. The number of nitrogens with one attached hydrogen (secondary N) is 2. The summed E-state index contributed by atoms with van der Waals surface area (Å²) in [5.41, 5.74) is 2.47. The molecule has 2 aromatic heterocycles. The molecule has 1 amide bonds. The summed E-state index contributed by atoms with van der Waals surface area (Å²) in [4.78, 5) is 16.2. The molecule has 2 aromatic rings. The standard InChI is InChI=1S/C17H23N5O2/c1-3-22-10-12(8-19-22)17-13(5-7-16(24)21-17)18-9-14-15(23)6-4-11(2)20-14/h4,6,8,10,13,17-18,23H,3,5,7,9H2,1-2H3,(H,21,24)/t13-,17+/m1/s1. The number of aryl methyl sites for hydroxylation is 2. The van der Waals surface area contributed by atoms with Crippen molar-refractivity contribution in [2.45, 2.75) is 51.9 Å². The highest BCUT2D eigenvalue weighted by Crippen LogP contribution is 2.25. The van der Waals surface area contributed by atoms with Crippen LogP contribution in [0, 0.1) is 6.92 Å². The fourth-order valence-corrected chi connectivity index (χ4v) is 3.01. The van der Waals surface area contributed by atoms with Gasteiger partial charge in [-0.2, -0.15) is 5.10 Å². The van der Waals surface area contributed by atoms with E-state index in [0.717, 1.165) is 24.2 Å². The number of hydrogen-bond donors (Lipinski definition) is 3. The van der Waals surface area contributed by atoms with Gasteiger partial charge in [-0.25, -0.2) is 0 Å². The summed E-state index contributed by atoms with van der Waals surface area (Å²) in [5.74, 6) is 0.238. The second-order valence-electron chi connectivity index (χ2n) is 6.12. The molecule has 1 aliphatic rings. The molecule has 0 saturated carbocycles. The Morgan fingerprint density at radius 1 is 1.46 bits per heavy atom. The van der Waals surface area contributed by atoms with E-state index in [9.17, 15) is 9.90 Å². The predicted octanol–water partition coefficient (Wildman–Crippen LogP) is 1.42. The van der Waals surface area contributed by atoms with Gasteiger partial charge in [0.05, 0.1) is 17.9 Å². The van der Waals surface area contributed by atoms with Crippen LogP contribution in [0.15, 0.2) is 24.5 Å². The molecular weight excluding hydrogens is 306 g/mol. The molecule has 0 unspecified atom stereocenters. The normalized spacial score (nSPS) is 20.8. The van der Waals surface area contributed by atoms with Gasteiger partial charge in [0, 0.05) is 43.0 Å². The molecule has 24 heavy (non-hydrogen) atoms. The largest absolute Gasteiger partial charge is 0.506 e. The van der Waals surface area contributed by atoms with E-state index in [1.54, 1.807) is 18.3 Å². The number of aromatic nitrogens is 3. The van der Waals surface area contributed by atoms with Crippen molar-refractivity contribution < 1.29 is 9.90 Å². The molecule has 1 fully saturated rings. The Bertz CT molecular complexity index is 728. The third-order valence-corrected chi connectivity index (χ3v) is 4.36. The number of pyridine rings is 1. The molecule has 3 rings (SSSR count). The molecule has 3 N–H and O–H groups in total. The van der Waals surface area contributed by atoms with Gasteiger partial charge in [-0.05, 0) is 32.4 Å². The van der Waals surface area contributed by atoms with Crippen molar-refractivity contribution in [3.8, 4) is 5.75 Å². The van der Waals surface area contributed by atoms with E-state index in [1.165, 1.54) is 0 Å². The third-order valence-electron chi connectivity index (χ3n) is 4.36. The van der Waals surface area contributed by atoms with E-state index in [0.29, 0.717) is 18.7 Å². The maximum Gasteiger partial charge on any atom is 0.220 e. The molecule has 2 atom stereocenters. The minimum absolute atomic E-state index is 0.0545. The molecule has 3 heterocycles. The maximum absolute atomic E-state index is 11.8. The van der Waals surface area contributed by atoms with Crippen LogP contribution < -0.4 is 10.6 Å². The lowest BCUT2D eigenvalue weighted by Gasteiger charge is -2.32. The second kappa shape index (κ2) is 7.00. The van der Waals surface area contributed by atoms with E-state index >= 15 is 0 Å². The Balaban J connectivity index is 1.74. The smallest absolute Gasteiger partial charge is 0.220 e. The zero-order valence-electron chi connectivity index (χ0n) is 14.0. The van der Waals surface area contributed by atoms with Gasteiger partial charge in [0.2, 0.25) is 5.91 Å². The molecular formula is C17H23N5O2. The SMILES string of the molecule is CCn1cc([C@@H]2NC(=O)CC[C@H]2NCc2nc(C)ccc2O)cn1. The number of aromatic hydroxyl groups is 1. The summed E-state index contributed by atoms with van der Waals surface area (Å²) in [6, 6.07) is 3.38. The fourth-order valence-electron chi connectivity index (χ4n) is 3.01. The lowest BCUT2D eigenvalue weighted by molar-refractivity contribution is -0.123. The van der Waals surface area contributed by atoms with Gasteiger partial charge >= 0.3 is 0 Å². The van der Waals surface area contributed by atoms with Gasteiger partial charge in [-0.1, -0.05) is 0 Å². The fraction of sp³-hybridized carbons (Fsp3) is 0.471. The number of amides is 1. The van der Waals surface area contributed by atoms with Crippen LogP contribution in [0.5, 0.6) is 5.75 Å². The Hall–Kier alpha value is -2.41. The molecule has 7 nitrogen and oxygen atoms in total. The summed E-state index contributed by atoms with van der Waals surface area (Å²) < 4.78 is 1.85. The zero-order valence-corrected chi connectivity index (χ0v) is 14.0. The number of rotatable bonds is 5. The first kappa shape index (κ1) is 16.4. The lowest BCUT2D eigenvalue weighted by Crippen LogP contribution is -2.48. The van der Waals surface area contributed by atoms with Crippen LogP contribution in [0.2, 0.25) is 0 Å². The summed E-state index contributed by atoms with van der Waals surface area (Å²) in [6.45, 7) is 5.16. The molecule has 7 heteroatoms. The number of piperidine rings is 1. The molecule has 1 aliphatic heterocycles. The third kappa shape index (κ3) is 3.56. The minimum Gasteiger partial charge on any atom is -0.506 e. The first-order chi connectivity index (χ1) is 11.6. The molecule has 128 valence electrons. The quantitative estimate of drug-likeness (QED) is 0.771. The van der Waals surface area contributed by atoms with Crippen LogP contribution in [0.1, 0.15) is 42.8 Å². The van der Waals surface area contributed by atoms with Gasteiger partial charge in [0.25, 0.3) is 0 Å². The highest BCUT2D eigenvalue weighted by Gasteiger charge is 2.30. The van der Waals surface area contributed by atoms with Crippen molar-refractivity contribution in [1.29, 1.82) is 0 Å². The molecule has 0 bridgehead atoms. The molecule has 1 saturated heterocycles. The second-order valence-corrected chi connectivity index (χ2v) is 6.12. The Morgan fingerprint density at radius 3 is 3.04 bits per heavy atom. The Morgan fingerprint density at radius 2 is 2.29 bits per heavy atom. The van der Waals surface area contributed by atoms with Gasteiger partial charge < -0.3 is 15.7 Å². The molecule has 0 aliphatic carbocycles. The van der Waals surface area contributed by atoms with Crippen molar-refractivity contribution >= 4 is 5.91 Å². The average Bonchev–Trinajstić information content (AvgIpc) is 3.05. The van der Waals surface area contributed by atoms with Crippen molar-refractivity contribution in [3.63, 3.8) is 0 Å². The van der Waals surface area contributed by atoms with Gasteiger partial charge in [0.1, 0.15) is 5.75 Å². The molecule has 0 aromatic carbocycles. The summed E-state index contributed by atoms with van der Waals surface area (Å²) >= 11 is 0. The Kier molecular flexibility index (Phi) is 4.80. The lowest BCUT2D eigenvalue weighted by atomic mass is 9.93. The minimum atomic E-state index is -0.126. The van der Waals surface area contributed by atoms with Crippen molar-refractivity contribution in [2.24, 2.45) is 0 Å². The van der Waals surface area contributed by atoms with Crippen LogP contribution in [-0.4, -0.2) is 31.8 Å². The van der Waals surface area contributed by atoms with Gasteiger partial charge in [-0.3, -0.25) is 14.5 Å². The maximum atomic E-state index is 11.8. The van der Waals surface area contributed by atoms with Crippen LogP contribution in [0.4, 0.5) is 0 Å². The predicted molar refractivity (Wildman–Crippen MR) is 89.3 cm³/mol. The summed E-state index contributed by atoms with van der Waals surface area (Å²) in [6.07, 6.45) is 4.99. The van der Waals surface area contributed by atoms with E-state index in [1.807, 2.05) is 24.7 Å². The average molecular weight is 329 g/mol. The first-order valence-corrected chi connectivity index (χ1v) is 8.27. The van der Waals surface area contributed by atoms with Crippen LogP contribution in [0.3, 0.4) is 0 Å². The van der Waals surface area contributed by atoms with Crippen LogP contribution in [0.25, 0.3) is 0 Å². The number of hydrogen-bond acceptors (Lipinski definition) is 5. The highest BCUT2D eigenvalue weighted by molar-refractivity contribution is 5.77. The van der Waals surface area contributed by atoms with E-state index in [-0.39, 0.29) is 23.7 Å². The summed E-state index contributed by atoms with van der Waals surface area (Å²) in [7, 11) is 0. The van der Waals surface area contributed by atoms with E-state index in [4.69, 9.17) is 0 Å². The van der Waals surface area contributed by atoms with Crippen molar-refractivity contribution in [1.82, 2.24) is 25.4 Å². The van der Waals surface area contributed by atoms with Crippen LogP contribution in [-0.2, 0) is 17.9 Å². The first-order valence-electron chi connectivity index (χ1n) is 8.27. The number of nitrogens with zero attached hydrogens (tertiary/aromatic N) is 3. The van der Waals surface area contributed by atoms with E-state index in [2.05, 4.69) is 20.7 Å². The monoisotopic (exact) mass is 329 g/mol. The number of carbonyl (C=O) groups excluding carboxylic acids is 1. The van der Waals surface area contributed by atoms with Gasteiger partial charge in [0.15, 0.2) is 0 Å². The Labute approximate surface area is 141 Å². The van der Waals surface area contributed by atoms with E-state index < -0.39 is 0 Å². The van der Waals surface area contributed by atoms with Crippen molar-refractivity contribution in [3.05, 3.63) is 41.5 Å². The zero-order chi connectivity index (χ0) is 17.1. The van der Waals surface area contributed by atoms with Crippen LogP contribution >= 0.6 is 0 Å².